The Kier molecular flexibility index (Phi) is 5.23. The number of carbonyl (C=O) groups is 1. The van der Waals surface area contributed by atoms with Crippen LogP contribution in [0.25, 0.3) is 0 Å². The number of nitrogens with zero attached hydrogens (tertiary/aromatic N) is 3. The number of hydrogen-bond donors (Lipinski definition) is 1. The lowest BCUT2D eigenvalue weighted by Crippen LogP contribution is -2.29. The molecule has 1 fully saturated rings. The molecule has 154 valence electrons. The summed E-state index contributed by atoms with van der Waals surface area (Å²) >= 11 is 1.38. The van der Waals surface area contributed by atoms with Crippen LogP contribution >= 0.6 is 11.3 Å². The molecule has 7 heteroatoms. The van der Waals surface area contributed by atoms with Crippen molar-refractivity contribution in [3.8, 4) is 5.75 Å². The number of aryl methyl sites for hydroxylation is 1. The molecule has 6 nitrogen and oxygen atoms in total. The Bertz CT molecular complexity index is 1050. The fourth-order valence-corrected chi connectivity index (χ4v) is 4.95. The van der Waals surface area contributed by atoms with Gasteiger partial charge in [0.25, 0.3) is 5.91 Å². The SMILES string of the molecule is COc1ccc(NC(=O)c2nnc(CN(C3CC3)C3CCc4ccccc43)s2)cc1. The zero-order valence-electron chi connectivity index (χ0n) is 16.9. The van der Waals surface area contributed by atoms with Crippen LogP contribution in [0.5, 0.6) is 5.75 Å². The Hall–Kier alpha value is -2.77. The van der Waals surface area contributed by atoms with Crippen molar-refractivity contribution in [3.05, 3.63) is 69.7 Å². The summed E-state index contributed by atoms with van der Waals surface area (Å²) in [6.07, 6.45) is 4.76. The smallest absolute Gasteiger partial charge is 0.286 e. The van der Waals surface area contributed by atoms with E-state index >= 15 is 0 Å². The maximum atomic E-state index is 12.6. The van der Waals surface area contributed by atoms with Crippen LogP contribution in [0.2, 0.25) is 0 Å². The molecule has 1 atom stereocenters. The molecular weight excluding hydrogens is 396 g/mol. The predicted molar refractivity (Wildman–Crippen MR) is 117 cm³/mol. The van der Waals surface area contributed by atoms with Crippen molar-refractivity contribution >= 4 is 22.9 Å². The van der Waals surface area contributed by atoms with Gasteiger partial charge in [-0.1, -0.05) is 35.6 Å². The van der Waals surface area contributed by atoms with Gasteiger partial charge in [-0.15, -0.1) is 10.2 Å². The summed E-state index contributed by atoms with van der Waals surface area (Å²) < 4.78 is 5.15. The number of anilines is 1. The van der Waals surface area contributed by atoms with Crippen LogP contribution in [-0.4, -0.2) is 34.2 Å². The number of rotatable bonds is 7. The molecule has 0 bridgehead atoms. The minimum Gasteiger partial charge on any atom is -0.497 e. The van der Waals surface area contributed by atoms with E-state index in [4.69, 9.17) is 4.74 Å². The first kappa shape index (κ1) is 19.2. The minimum absolute atomic E-state index is 0.229. The highest BCUT2D eigenvalue weighted by Crippen LogP contribution is 2.42. The highest BCUT2D eigenvalue weighted by Gasteiger charge is 2.38. The molecule has 1 saturated carbocycles. The molecule has 3 aromatic rings. The van der Waals surface area contributed by atoms with Crippen LogP contribution < -0.4 is 10.1 Å². The average Bonchev–Trinajstić information content (AvgIpc) is 3.36. The van der Waals surface area contributed by atoms with Crippen molar-refractivity contribution in [2.75, 3.05) is 12.4 Å². The number of methoxy groups -OCH3 is 1. The number of carbonyl (C=O) groups excluding carboxylic acids is 1. The van der Waals surface area contributed by atoms with E-state index in [9.17, 15) is 4.79 Å². The summed E-state index contributed by atoms with van der Waals surface area (Å²) in [5, 5.41) is 12.7. The van der Waals surface area contributed by atoms with Gasteiger partial charge in [0, 0.05) is 17.8 Å². The number of aromatic nitrogens is 2. The van der Waals surface area contributed by atoms with Crippen LogP contribution in [0.1, 0.15) is 51.2 Å². The van der Waals surface area contributed by atoms with Gasteiger partial charge in [-0.3, -0.25) is 9.69 Å². The van der Waals surface area contributed by atoms with Crippen molar-refractivity contribution in [2.24, 2.45) is 0 Å². The first-order chi connectivity index (χ1) is 14.7. The number of benzene rings is 2. The van der Waals surface area contributed by atoms with Crippen molar-refractivity contribution < 1.29 is 9.53 Å². The molecule has 1 unspecified atom stereocenters. The number of hydrogen-bond acceptors (Lipinski definition) is 6. The Labute approximate surface area is 179 Å². The first-order valence-electron chi connectivity index (χ1n) is 10.3. The van der Waals surface area contributed by atoms with Crippen LogP contribution in [0.3, 0.4) is 0 Å². The number of nitrogens with one attached hydrogen (secondary N) is 1. The van der Waals surface area contributed by atoms with Crippen molar-refractivity contribution in [1.82, 2.24) is 15.1 Å². The largest absolute Gasteiger partial charge is 0.497 e. The van der Waals surface area contributed by atoms with Gasteiger partial charge in [-0.05, 0) is 61.1 Å². The maximum absolute atomic E-state index is 12.6. The van der Waals surface area contributed by atoms with Gasteiger partial charge in [0.1, 0.15) is 10.8 Å². The molecule has 2 aliphatic rings. The molecule has 0 saturated heterocycles. The summed E-state index contributed by atoms with van der Waals surface area (Å²) in [6, 6.07) is 17.1. The summed E-state index contributed by atoms with van der Waals surface area (Å²) in [6.45, 7) is 0.747. The zero-order valence-corrected chi connectivity index (χ0v) is 17.7. The Balaban J connectivity index is 1.28. The molecule has 0 radical (unpaired) electrons. The van der Waals surface area contributed by atoms with Crippen molar-refractivity contribution in [2.45, 2.75) is 44.3 Å². The lowest BCUT2D eigenvalue weighted by molar-refractivity contribution is 0.102. The van der Waals surface area contributed by atoms with Gasteiger partial charge in [-0.2, -0.15) is 0 Å². The van der Waals surface area contributed by atoms with Gasteiger partial charge in [0.2, 0.25) is 5.01 Å². The lowest BCUT2D eigenvalue weighted by atomic mass is 10.1. The monoisotopic (exact) mass is 420 g/mol. The molecule has 0 aliphatic heterocycles. The normalized spacial score (nSPS) is 17.7. The molecule has 2 aromatic carbocycles. The Morgan fingerprint density at radius 3 is 2.70 bits per heavy atom. The second kappa shape index (κ2) is 8.16. The molecule has 1 aromatic heterocycles. The number of fused-ring (bicyclic) bond motifs is 1. The molecule has 1 heterocycles. The quantitative estimate of drug-likeness (QED) is 0.612. The molecule has 1 N–H and O–H groups in total. The van der Waals surface area contributed by atoms with Crippen LogP contribution in [-0.2, 0) is 13.0 Å². The second-order valence-electron chi connectivity index (χ2n) is 7.84. The van der Waals surface area contributed by atoms with Gasteiger partial charge in [0.05, 0.1) is 13.7 Å². The zero-order chi connectivity index (χ0) is 20.5. The molecule has 30 heavy (non-hydrogen) atoms. The van der Waals surface area contributed by atoms with E-state index in [1.54, 1.807) is 7.11 Å². The van der Waals surface area contributed by atoms with Crippen molar-refractivity contribution in [3.63, 3.8) is 0 Å². The third-order valence-electron chi connectivity index (χ3n) is 5.84. The van der Waals surface area contributed by atoms with E-state index in [1.807, 2.05) is 24.3 Å². The number of amides is 1. The standard InChI is InChI=1S/C23H24N4O2S/c1-29-18-11-7-16(8-12-18)24-22(28)23-26-25-21(30-23)14-27(17-9-10-17)20-13-6-15-4-2-3-5-19(15)20/h2-5,7-8,11-12,17,20H,6,9-10,13-14H2,1H3,(H,24,28). The second-order valence-corrected chi connectivity index (χ2v) is 8.90. The van der Waals surface area contributed by atoms with Crippen LogP contribution in [0, 0.1) is 0 Å². The summed E-state index contributed by atoms with van der Waals surface area (Å²) in [5.41, 5.74) is 3.62. The topological polar surface area (TPSA) is 67.3 Å². The van der Waals surface area contributed by atoms with E-state index < -0.39 is 0 Å². The summed E-state index contributed by atoms with van der Waals surface area (Å²) in [4.78, 5) is 15.2. The van der Waals surface area contributed by atoms with Crippen LogP contribution in [0.4, 0.5) is 5.69 Å². The van der Waals surface area contributed by atoms with Gasteiger partial charge in [0.15, 0.2) is 0 Å². The molecular formula is C23H24N4O2S. The van der Waals surface area contributed by atoms with Crippen LogP contribution in [0.15, 0.2) is 48.5 Å². The maximum Gasteiger partial charge on any atom is 0.286 e. The van der Waals surface area contributed by atoms with E-state index in [0.29, 0.717) is 22.8 Å². The predicted octanol–water partition coefficient (Wildman–Crippen LogP) is 4.45. The Morgan fingerprint density at radius 1 is 1.13 bits per heavy atom. The third-order valence-corrected chi connectivity index (χ3v) is 6.75. The molecule has 0 spiro atoms. The highest BCUT2D eigenvalue weighted by atomic mass is 32.1. The molecule has 1 amide bonds. The lowest BCUT2D eigenvalue weighted by Gasteiger charge is -2.28. The van der Waals surface area contributed by atoms with Gasteiger partial charge in [-0.25, -0.2) is 0 Å². The fraction of sp³-hybridized carbons (Fsp3) is 0.348. The first-order valence-corrected chi connectivity index (χ1v) is 11.1. The van der Waals surface area contributed by atoms with Crippen molar-refractivity contribution in [1.29, 1.82) is 0 Å². The molecule has 5 rings (SSSR count). The van der Waals surface area contributed by atoms with Gasteiger partial charge >= 0.3 is 0 Å². The van der Waals surface area contributed by atoms with E-state index in [-0.39, 0.29) is 5.91 Å². The highest BCUT2D eigenvalue weighted by molar-refractivity contribution is 7.13. The van der Waals surface area contributed by atoms with E-state index in [1.165, 1.54) is 35.3 Å². The van der Waals surface area contributed by atoms with E-state index in [0.717, 1.165) is 30.1 Å². The summed E-state index contributed by atoms with van der Waals surface area (Å²) in [5.74, 6) is 0.521. The van der Waals surface area contributed by atoms with Gasteiger partial charge < -0.3 is 10.1 Å². The Morgan fingerprint density at radius 2 is 1.93 bits per heavy atom. The third kappa shape index (κ3) is 3.95. The average molecular weight is 421 g/mol. The van der Waals surface area contributed by atoms with E-state index in [2.05, 4.69) is 44.7 Å². The fourth-order valence-electron chi connectivity index (χ4n) is 4.20. The molecule has 2 aliphatic carbocycles. The number of ether oxygens (including phenoxy) is 1. The summed E-state index contributed by atoms with van der Waals surface area (Å²) in [7, 11) is 1.62. The minimum atomic E-state index is -0.229.